The monoisotopic (exact) mass is 472 g/mol. The van der Waals surface area contributed by atoms with E-state index in [1.54, 1.807) is 11.4 Å². The molecule has 0 bridgehead atoms. The number of benzene rings is 1. The maximum Gasteiger partial charge on any atom is 0.421 e. The van der Waals surface area contributed by atoms with Gasteiger partial charge in [0.15, 0.2) is 5.60 Å². The quantitative estimate of drug-likeness (QED) is 0.537. The number of halogens is 4. The van der Waals surface area contributed by atoms with Gasteiger partial charge in [-0.1, -0.05) is 12.1 Å². The van der Waals surface area contributed by atoms with E-state index >= 15 is 0 Å². The molecule has 3 N–H and O–H groups in total. The Labute approximate surface area is 161 Å². The van der Waals surface area contributed by atoms with Gasteiger partial charge in [0.1, 0.15) is 4.21 Å². The van der Waals surface area contributed by atoms with E-state index in [9.17, 15) is 26.7 Å². The highest BCUT2D eigenvalue weighted by Gasteiger charge is 2.51. The number of nitrogens with one attached hydrogen (secondary N) is 2. The van der Waals surface area contributed by atoms with E-state index < -0.39 is 21.8 Å². The van der Waals surface area contributed by atoms with Crippen molar-refractivity contribution >= 4 is 43.0 Å². The molecule has 0 aliphatic heterocycles. The minimum atomic E-state index is -4.80. The molecule has 1 atom stereocenters. The van der Waals surface area contributed by atoms with Crippen molar-refractivity contribution in [2.45, 2.75) is 22.9 Å². The molecule has 144 valence electrons. The van der Waals surface area contributed by atoms with E-state index in [-0.39, 0.29) is 22.9 Å². The van der Waals surface area contributed by atoms with Crippen LogP contribution in [-0.2, 0) is 15.6 Å². The van der Waals surface area contributed by atoms with Crippen molar-refractivity contribution in [1.82, 2.24) is 4.72 Å². The van der Waals surface area contributed by atoms with Gasteiger partial charge < -0.3 is 10.4 Å². The van der Waals surface area contributed by atoms with Crippen LogP contribution in [0.15, 0.2) is 44.4 Å². The van der Waals surface area contributed by atoms with Gasteiger partial charge in [0, 0.05) is 23.2 Å². The zero-order valence-corrected chi connectivity index (χ0v) is 16.7. The van der Waals surface area contributed by atoms with E-state index in [4.69, 9.17) is 0 Å². The minimum Gasteiger partial charge on any atom is -0.383 e. The van der Waals surface area contributed by atoms with Crippen molar-refractivity contribution in [1.29, 1.82) is 0 Å². The van der Waals surface area contributed by atoms with Crippen LogP contribution in [0.3, 0.4) is 0 Å². The van der Waals surface area contributed by atoms with Gasteiger partial charge in [-0.15, -0.1) is 11.3 Å². The SMILES string of the molecule is CC(O)(c1ccc(NCCNS(=O)(=O)c2cccs2)c(Br)c1)C(F)(F)F. The van der Waals surface area contributed by atoms with Gasteiger partial charge in [-0.25, -0.2) is 13.1 Å². The highest BCUT2D eigenvalue weighted by molar-refractivity contribution is 9.10. The second-order valence-corrected chi connectivity index (χ2v) is 9.32. The van der Waals surface area contributed by atoms with Gasteiger partial charge in [-0.3, -0.25) is 0 Å². The third kappa shape index (κ3) is 4.77. The summed E-state index contributed by atoms with van der Waals surface area (Å²) in [6.07, 6.45) is -4.80. The normalized spacial score (nSPS) is 14.8. The maximum atomic E-state index is 12.9. The molecule has 0 saturated heterocycles. The van der Waals surface area contributed by atoms with Gasteiger partial charge in [0.25, 0.3) is 0 Å². The van der Waals surface area contributed by atoms with E-state index in [0.717, 1.165) is 17.4 Å². The molecule has 1 heterocycles. The molecule has 26 heavy (non-hydrogen) atoms. The van der Waals surface area contributed by atoms with Crippen molar-refractivity contribution in [3.63, 3.8) is 0 Å². The summed E-state index contributed by atoms with van der Waals surface area (Å²) in [4.78, 5) is 0. The van der Waals surface area contributed by atoms with Crippen molar-refractivity contribution in [2.24, 2.45) is 0 Å². The first-order valence-electron chi connectivity index (χ1n) is 7.31. The number of aliphatic hydroxyl groups is 1. The van der Waals surface area contributed by atoms with Crippen LogP contribution in [0.4, 0.5) is 18.9 Å². The van der Waals surface area contributed by atoms with E-state index in [1.807, 2.05) is 0 Å². The summed E-state index contributed by atoms with van der Waals surface area (Å²) in [5, 5.41) is 14.3. The molecule has 0 aliphatic carbocycles. The fourth-order valence-corrected chi connectivity index (χ4v) is 4.58. The van der Waals surface area contributed by atoms with Crippen LogP contribution in [0.25, 0.3) is 0 Å². The third-order valence-corrected chi connectivity index (χ3v) is 7.09. The average Bonchev–Trinajstić information content (AvgIpc) is 3.06. The van der Waals surface area contributed by atoms with Crippen molar-refractivity contribution < 1.29 is 26.7 Å². The molecule has 0 amide bonds. The number of thiophene rings is 1. The number of hydrogen-bond acceptors (Lipinski definition) is 5. The lowest BCUT2D eigenvalue weighted by atomic mass is 9.95. The lowest BCUT2D eigenvalue weighted by Crippen LogP contribution is -2.39. The average molecular weight is 473 g/mol. The van der Waals surface area contributed by atoms with Crippen molar-refractivity contribution in [2.75, 3.05) is 18.4 Å². The van der Waals surface area contributed by atoms with Crippen molar-refractivity contribution in [3.8, 4) is 0 Å². The lowest BCUT2D eigenvalue weighted by molar-refractivity contribution is -0.258. The number of rotatable bonds is 7. The largest absolute Gasteiger partial charge is 0.421 e. The first-order valence-corrected chi connectivity index (χ1v) is 10.5. The summed E-state index contributed by atoms with van der Waals surface area (Å²) >= 11 is 4.25. The van der Waals surface area contributed by atoms with E-state index in [0.29, 0.717) is 17.1 Å². The van der Waals surface area contributed by atoms with Crippen LogP contribution in [-0.4, -0.2) is 32.8 Å². The van der Waals surface area contributed by atoms with Gasteiger partial charge in [0.2, 0.25) is 10.0 Å². The second-order valence-electron chi connectivity index (χ2n) is 5.52. The zero-order chi connectivity index (χ0) is 19.6. The van der Waals surface area contributed by atoms with Crippen LogP contribution in [0.1, 0.15) is 12.5 Å². The van der Waals surface area contributed by atoms with Crippen molar-refractivity contribution in [3.05, 3.63) is 45.7 Å². The molecule has 1 unspecified atom stereocenters. The maximum absolute atomic E-state index is 12.9. The lowest BCUT2D eigenvalue weighted by Gasteiger charge is -2.27. The van der Waals surface area contributed by atoms with E-state index in [1.165, 1.54) is 18.2 Å². The Bertz CT molecular complexity index is 854. The van der Waals surface area contributed by atoms with E-state index in [2.05, 4.69) is 26.0 Å². The number of sulfonamides is 1. The molecule has 0 saturated carbocycles. The summed E-state index contributed by atoms with van der Waals surface area (Å²) in [6, 6.07) is 6.84. The molecule has 0 aliphatic rings. The van der Waals surface area contributed by atoms with Gasteiger partial charge in [-0.2, -0.15) is 13.2 Å². The van der Waals surface area contributed by atoms with Gasteiger partial charge in [-0.05, 0) is 52.0 Å². The third-order valence-electron chi connectivity index (χ3n) is 3.58. The Balaban J connectivity index is 1.97. The molecule has 0 radical (unpaired) electrons. The van der Waals surface area contributed by atoms with Gasteiger partial charge >= 0.3 is 6.18 Å². The predicted octanol–water partition coefficient (Wildman–Crippen LogP) is 3.67. The molecule has 1 aromatic carbocycles. The Morgan fingerprint density at radius 3 is 2.46 bits per heavy atom. The molecule has 5 nitrogen and oxygen atoms in total. The van der Waals surface area contributed by atoms with Crippen LogP contribution >= 0.6 is 27.3 Å². The topological polar surface area (TPSA) is 78.4 Å². The first-order chi connectivity index (χ1) is 11.9. The fraction of sp³-hybridized carbons (Fsp3) is 0.333. The molecule has 1 aromatic heterocycles. The van der Waals surface area contributed by atoms with Gasteiger partial charge in [0.05, 0.1) is 0 Å². The molecule has 2 aromatic rings. The predicted molar refractivity (Wildman–Crippen MR) is 97.8 cm³/mol. The standard InChI is InChI=1S/C15H16BrF3N2O3S2/c1-14(22,15(17,18)19)10-4-5-12(11(16)9-10)20-6-7-21-26(23,24)13-3-2-8-25-13/h2-5,8-9,20-22H,6-7H2,1H3. The zero-order valence-electron chi connectivity index (χ0n) is 13.5. The summed E-state index contributed by atoms with van der Waals surface area (Å²) in [7, 11) is -3.57. The number of anilines is 1. The molecular formula is C15H16BrF3N2O3S2. The summed E-state index contributed by atoms with van der Waals surface area (Å²) < 4.78 is 65.5. The highest BCUT2D eigenvalue weighted by atomic mass is 79.9. The van der Waals surface area contributed by atoms with Crippen LogP contribution in [0, 0.1) is 0 Å². The first kappa shape index (κ1) is 21.2. The molecule has 0 fully saturated rings. The summed E-state index contributed by atoms with van der Waals surface area (Å²) in [5.41, 5.74) is -2.80. The van der Waals surface area contributed by atoms with Crippen LogP contribution in [0.5, 0.6) is 0 Å². The Kier molecular flexibility index (Phi) is 6.39. The molecular weight excluding hydrogens is 457 g/mol. The Morgan fingerprint density at radius 1 is 1.23 bits per heavy atom. The second kappa shape index (κ2) is 7.85. The number of alkyl halides is 3. The summed E-state index contributed by atoms with van der Waals surface area (Å²) in [5.74, 6) is 0. The molecule has 11 heteroatoms. The molecule has 2 rings (SSSR count). The van der Waals surface area contributed by atoms with Crippen LogP contribution in [0.2, 0.25) is 0 Å². The molecule has 0 spiro atoms. The van der Waals surface area contributed by atoms with Crippen LogP contribution < -0.4 is 10.0 Å². The fourth-order valence-electron chi connectivity index (χ4n) is 2.00. The summed E-state index contributed by atoms with van der Waals surface area (Å²) in [6.45, 7) is 0.994. The Hall–Kier alpha value is -1.14. The smallest absolute Gasteiger partial charge is 0.383 e. The Morgan fingerprint density at radius 2 is 1.92 bits per heavy atom. The highest BCUT2D eigenvalue weighted by Crippen LogP contribution is 2.40. The minimum absolute atomic E-state index is 0.0920. The number of hydrogen-bond donors (Lipinski definition) is 3.